The Kier molecular flexibility index (Phi) is 5.79. The number of hydrogen-bond donors (Lipinski definition) is 1. The average molecular weight is 376 g/mol. The predicted octanol–water partition coefficient (Wildman–Crippen LogP) is 3.06. The van der Waals surface area contributed by atoms with Crippen LogP contribution in [0.1, 0.15) is 16.7 Å². The van der Waals surface area contributed by atoms with Crippen LogP contribution in [0, 0.1) is 5.82 Å². The lowest BCUT2D eigenvalue weighted by Crippen LogP contribution is -2.49. The van der Waals surface area contributed by atoms with E-state index in [9.17, 15) is 9.18 Å². The summed E-state index contributed by atoms with van der Waals surface area (Å²) in [5.41, 5.74) is 4.72. The molecule has 0 aliphatic carbocycles. The number of piperazine rings is 1. The number of halogens is 2. The summed E-state index contributed by atoms with van der Waals surface area (Å²) in [4.78, 5) is 16.5. The van der Waals surface area contributed by atoms with Gasteiger partial charge in [-0.05, 0) is 35.2 Å². The van der Waals surface area contributed by atoms with Gasteiger partial charge in [0.25, 0.3) is 0 Å². The van der Waals surface area contributed by atoms with Gasteiger partial charge in [0.15, 0.2) is 0 Å². The monoisotopic (exact) mass is 375 g/mol. The van der Waals surface area contributed by atoms with Gasteiger partial charge in [0, 0.05) is 38.4 Å². The van der Waals surface area contributed by atoms with Gasteiger partial charge in [0.2, 0.25) is 5.91 Å². The Morgan fingerprint density at radius 3 is 2.73 bits per heavy atom. The normalized spacial score (nSPS) is 16.8. The minimum atomic E-state index is -0.256. The summed E-state index contributed by atoms with van der Waals surface area (Å²) in [6, 6.07) is 12.9. The summed E-state index contributed by atoms with van der Waals surface area (Å²) in [5, 5.41) is 3.46. The maximum atomic E-state index is 13.3. The largest absolute Gasteiger partial charge is 0.384 e. The van der Waals surface area contributed by atoms with Crippen LogP contribution in [0.2, 0.25) is 0 Å². The van der Waals surface area contributed by atoms with Crippen LogP contribution in [-0.4, -0.2) is 41.9 Å². The number of nitrogens with one attached hydrogen (secondary N) is 1. The molecule has 2 aromatic rings. The molecule has 0 unspecified atom stereocenters. The first-order valence-electron chi connectivity index (χ1n) is 8.78. The van der Waals surface area contributed by atoms with E-state index >= 15 is 0 Å². The second-order valence-corrected chi connectivity index (χ2v) is 6.78. The molecule has 0 radical (unpaired) electrons. The molecule has 1 amide bonds. The van der Waals surface area contributed by atoms with Crippen LogP contribution in [-0.2, 0) is 24.3 Å². The summed E-state index contributed by atoms with van der Waals surface area (Å²) < 4.78 is 13.3. The van der Waals surface area contributed by atoms with E-state index in [-0.39, 0.29) is 24.1 Å². The molecule has 138 valence electrons. The minimum Gasteiger partial charge on any atom is -0.384 e. The van der Waals surface area contributed by atoms with Crippen LogP contribution in [0.4, 0.5) is 10.1 Å². The third-order valence-electron chi connectivity index (χ3n) is 4.99. The zero-order valence-corrected chi connectivity index (χ0v) is 15.4. The molecule has 1 fully saturated rings. The molecular formula is C20H23ClFN3O. The highest BCUT2D eigenvalue weighted by Gasteiger charge is 2.25. The number of hydrogen-bond acceptors (Lipinski definition) is 3. The molecule has 0 bridgehead atoms. The Morgan fingerprint density at radius 2 is 1.92 bits per heavy atom. The zero-order chi connectivity index (χ0) is 17.2. The molecule has 2 aromatic carbocycles. The van der Waals surface area contributed by atoms with Crippen LogP contribution in [0.15, 0.2) is 42.5 Å². The van der Waals surface area contributed by atoms with Crippen molar-refractivity contribution >= 4 is 24.0 Å². The van der Waals surface area contributed by atoms with E-state index in [1.807, 2.05) is 11.0 Å². The topological polar surface area (TPSA) is 35.6 Å². The Labute approximate surface area is 159 Å². The Balaban J connectivity index is 0.00000196. The highest BCUT2D eigenvalue weighted by Crippen LogP contribution is 2.27. The first kappa shape index (κ1) is 18.7. The highest BCUT2D eigenvalue weighted by molar-refractivity contribution is 5.85. The number of anilines is 1. The van der Waals surface area contributed by atoms with Gasteiger partial charge in [0.05, 0.1) is 6.54 Å². The van der Waals surface area contributed by atoms with Crippen LogP contribution in [0.5, 0.6) is 0 Å². The van der Waals surface area contributed by atoms with Gasteiger partial charge in [-0.15, -0.1) is 12.4 Å². The number of nitrogens with zero attached hydrogens (tertiary/aromatic N) is 2. The Hall–Kier alpha value is -2.11. The molecule has 2 aliphatic heterocycles. The van der Waals surface area contributed by atoms with Crippen LogP contribution >= 0.6 is 12.4 Å². The van der Waals surface area contributed by atoms with Crippen molar-refractivity contribution in [2.45, 2.75) is 19.5 Å². The molecule has 1 saturated heterocycles. The predicted molar refractivity (Wildman–Crippen MR) is 103 cm³/mol. The summed E-state index contributed by atoms with van der Waals surface area (Å²) in [7, 11) is 0. The van der Waals surface area contributed by atoms with E-state index in [0.717, 1.165) is 31.6 Å². The second-order valence-electron chi connectivity index (χ2n) is 6.78. The second kappa shape index (κ2) is 8.06. The fraction of sp³-hybridized carbons (Fsp3) is 0.350. The molecule has 2 heterocycles. The van der Waals surface area contributed by atoms with E-state index < -0.39 is 0 Å². The first-order chi connectivity index (χ1) is 12.2. The molecule has 6 heteroatoms. The number of para-hydroxylation sites is 1. The fourth-order valence-electron chi connectivity index (χ4n) is 3.70. The maximum absolute atomic E-state index is 13.3. The summed E-state index contributed by atoms with van der Waals surface area (Å²) in [6.45, 7) is 4.19. The van der Waals surface area contributed by atoms with Crippen molar-refractivity contribution < 1.29 is 9.18 Å². The number of carbonyl (C=O) groups is 1. The molecular weight excluding hydrogens is 353 g/mol. The van der Waals surface area contributed by atoms with E-state index in [2.05, 4.69) is 28.4 Å². The minimum absolute atomic E-state index is 0. The highest BCUT2D eigenvalue weighted by atomic mass is 35.5. The number of benzene rings is 2. The third kappa shape index (κ3) is 4.00. The third-order valence-corrected chi connectivity index (χ3v) is 4.99. The lowest BCUT2D eigenvalue weighted by atomic mass is 10.1. The van der Waals surface area contributed by atoms with Crippen LogP contribution in [0.3, 0.4) is 0 Å². The van der Waals surface area contributed by atoms with Gasteiger partial charge in [-0.2, -0.15) is 0 Å². The van der Waals surface area contributed by atoms with Gasteiger partial charge in [-0.1, -0.05) is 30.3 Å². The standard InChI is InChI=1S/C20H22FN3O.ClH/c21-18-6-1-3-15(11-18)12-24-10-9-23(14-19(24)25)13-17-5-2-4-16-7-8-22-20(16)17;/h1-6,11,22H,7-10,12-14H2;1H. The van der Waals surface area contributed by atoms with E-state index in [1.165, 1.54) is 28.9 Å². The molecule has 1 N–H and O–H groups in total. The lowest BCUT2D eigenvalue weighted by Gasteiger charge is -2.34. The van der Waals surface area contributed by atoms with Crippen molar-refractivity contribution in [2.75, 3.05) is 31.5 Å². The number of fused-ring (bicyclic) bond motifs is 1. The number of carbonyl (C=O) groups excluding carboxylic acids is 1. The van der Waals surface area contributed by atoms with Gasteiger partial charge in [-0.3, -0.25) is 9.69 Å². The van der Waals surface area contributed by atoms with Crippen molar-refractivity contribution in [1.82, 2.24) is 9.80 Å². The van der Waals surface area contributed by atoms with Crippen molar-refractivity contribution in [1.29, 1.82) is 0 Å². The molecule has 0 saturated carbocycles. The molecule has 4 rings (SSSR count). The average Bonchev–Trinajstić information content (AvgIpc) is 3.07. The molecule has 4 nitrogen and oxygen atoms in total. The molecule has 0 spiro atoms. The SMILES string of the molecule is Cl.O=C1CN(Cc2cccc3c2NCC3)CCN1Cc1cccc(F)c1. The van der Waals surface area contributed by atoms with Gasteiger partial charge in [-0.25, -0.2) is 4.39 Å². The van der Waals surface area contributed by atoms with Crippen molar-refractivity contribution in [3.05, 3.63) is 65.0 Å². The van der Waals surface area contributed by atoms with Gasteiger partial charge >= 0.3 is 0 Å². The van der Waals surface area contributed by atoms with Crippen molar-refractivity contribution in [3.8, 4) is 0 Å². The smallest absolute Gasteiger partial charge is 0.237 e. The van der Waals surface area contributed by atoms with E-state index in [4.69, 9.17) is 0 Å². The fourth-order valence-corrected chi connectivity index (χ4v) is 3.70. The number of rotatable bonds is 4. The van der Waals surface area contributed by atoms with Crippen molar-refractivity contribution in [3.63, 3.8) is 0 Å². The Morgan fingerprint density at radius 1 is 1.08 bits per heavy atom. The summed E-state index contributed by atoms with van der Waals surface area (Å²) in [6.07, 6.45) is 1.07. The van der Waals surface area contributed by atoms with Gasteiger partial charge < -0.3 is 10.2 Å². The first-order valence-corrected chi connectivity index (χ1v) is 8.78. The maximum Gasteiger partial charge on any atom is 0.237 e. The van der Waals surface area contributed by atoms with Gasteiger partial charge in [0.1, 0.15) is 5.82 Å². The Bertz CT molecular complexity index is 798. The quantitative estimate of drug-likeness (QED) is 0.892. The summed E-state index contributed by atoms with van der Waals surface area (Å²) in [5.74, 6) is -0.148. The van der Waals surface area contributed by atoms with Crippen LogP contribution < -0.4 is 5.32 Å². The molecule has 2 aliphatic rings. The lowest BCUT2D eigenvalue weighted by molar-refractivity contribution is -0.136. The van der Waals surface area contributed by atoms with Crippen molar-refractivity contribution in [2.24, 2.45) is 0 Å². The molecule has 0 atom stereocenters. The molecule has 0 aromatic heterocycles. The number of amides is 1. The zero-order valence-electron chi connectivity index (χ0n) is 14.6. The van der Waals surface area contributed by atoms with Crippen LogP contribution in [0.25, 0.3) is 0 Å². The van der Waals surface area contributed by atoms with E-state index in [0.29, 0.717) is 19.6 Å². The molecule has 26 heavy (non-hydrogen) atoms. The summed E-state index contributed by atoms with van der Waals surface area (Å²) >= 11 is 0. The van der Waals surface area contributed by atoms with E-state index in [1.54, 1.807) is 6.07 Å².